The molecule has 0 aliphatic rings. The van der Waals surface area contributed by atoms with E-state index in [0.29, 0.717) is 0 Å². The molecule has 2 heterocycles. The van der Waals surface area contributed by atoms with E-state index in [1.807, 2.05) is 12.1 Å². The smallest absolute Gasteiger partial charge is 0.117 e. The van der Waals surface area contributed by atoms with E-state index in [4.69, 9.17) is 4.42 Å². The summed E-state index contributed by atoms with van der Waals surface area (Å²) in [5.41, 5.74) is 1.35. The first-order valence-corrected chi connectivity index (χ1v) is 5.90. The van der Waals surface area contributed by atoms with Crippen LogP contribution in [0.15, 0.2) is 39.6 Å². The van der Waals surface area contributed by atoms with Crippen molar-refractivity contribution in [2.24, 2.45) is 0 Å². The summed E-state index contributed by atoms with van der Waals surface area (Å²) in [5.74, 6) is 0.992. The third-order valence-corrected chi connectivity index (χ3v) is 3.35. The molecule has 1 atom stereocenters. The van der Waals surface area contributed by atoms with Crippen molar-refractivity contribution in [3.05, 3.63) is 46.5 Å². The van der Waals surface area contributed by atoms with Crippen LogP contribution < -0.4 is 0 Å². The topological polar surface area (TPSA) is 13.1 Å². The highest BCUT2D eigenvalue weighted by molar-refractivity contribution is 9.09. The molecule has 13 heavy (non-hydrogen) atoms. The van der Waals surface area contributed by atoms with Crippen molar-refractivity contribution < 1.29 is 4.42 Å². The average Bonchev–Trinajstić information content (AvgIpc) is 2.74. The molecule has 0 aliphatic carbocycles. The van der Waals surface area contributed by atoms with Gasteiger partial charge in [0.25, 0.3) is 0 Å². The fourth-order valence-corrected chi connectivity index (χ4v) is 2.50. The molecule has 0 aliphatic heterocycles. The lowest BCUT2D eigenvalue weighted by molar-refractivity contribution is 0.507. The second-order valence-corrected chi connectivity index (χ2v) is 4.70. The SMILES string of the molecule is BrC(Cc1ccsc1)c1ccco1. The maximum Gasteiger partial charge on any atom is 0.117 e. The third kappa shape index (κ3) is 2.23. The molecule has 2 aromatic heterocycles. The fraction of sp³-hybridized carbons (Fsp3) is 0.200. The van der Waals surface area contributed by atoms with E-state index in [0.717, 1.165) is 12.2 Å². The number of hydrogen-bond acceptors (Lipinski definition) is 2. The first-order chi connectivity index (χ1) is 6.36. The van der Waals surface area contributed by atoms with Crippen LogP contribution in [0.1, 0.15) is 16.2 Å². The first kappa shape index (κ1) is 9.03. The molecule has 0 spiro atoms. The van der Waals surface area contributed by atoms with Crippen LogP contribution in [0.2, 0.25) is 0 Å². The van der Waals surface area contributed by atoms with Gasteiger partial charge in [-0.3, -0.25) is 0 Å². The highest BCUT2D eigenvalue weighted by atomic mass is 79.9. The molecular weight excluding hydrogens is 248 g/mol. The minimum Gasteiger partial charge on any atom is -0.468 e. The van der Waals surface area contributed by atoms with Gasteiger partial charge >= 0.3 is 0 Å². The molecule has 2 aromatic rings. The van der Waals surface area contributed by atoms with E-state index in [1.54, 1.807) is 17.6 Å². The number of hydrogen-bond donors (Lipinski definition) is 0. The van der Waals surface area contributed by atoms with Gasteiger partial charge in [0.1, 0.15) is 5.76 Å². The van der Waals surface area contributed by atoms with Crippen LogP contribution in [0, 0.1) is 0 Å². The van der Waals surface area contributed by atoms with Crippen molar-refractivity contribution in [2.75, 3.05) is 0 Å². The number of thiophene rings is 1. The van der Waals surface area contributed by atoms with Crippen molar-refractivity contribution >= 4 is 27.3 Å². The van der Waals surface area contributed by atoms with E-state index in [-0.39, 0.29) is 4.83 Å². The van der Waals surface area contributed by atoms with Gasteiger partial charge in [-0.25, -0.2) is 0 Å². The minimum absolute atomic E-state index is 0.289. The van der Waals surface area contributed by atoms with Crippen molar-refractivity contribution in [3.63, 3.8) is 0 Å². The number of furan rings is 1. The van der Waals surface area contributed by atoms with Gasteiger partial charge in [-0.1, -0.05) is 15.9 Å². The molecule has 0 bridgehead atoms. The Bertz CT molecular complexity index is 339. The minimum atomic E-state index is 0.289. The lowest BCUT2D eigenvalue weighted by Crippen LogP contribution is -1.91. The van der Waals surface area contributed by atoms with Crippen molar-refractivity contribution in [1.82, 2.24) is 0 Å². The van der Waals surface area contributed by atoms with Crippen LogP contribution >= 0.6 is 27.3 Å². The molecule has 0 saturated heterocycles. The fourth-order valence-electron chi connectivity index (χ4n) is 1.19. The molecule has 0 radical (unpaired) electrons. The third-order valence-electron chi connectivity index (χ3n) is 1.85. The Morgan fingerprint density at radius 2 is 2.38 bits per heavy atom. The number of rotatable bonds is 3. The molecule has 68 valence electrons. The Hall–Kier alpha value is -0.540. The van der Waals surface area contributed by atoms with Crippen molar-refractivity contribution in [2.45, 2.75) is 11.2 Å². The number of halogens is 1. The van der Waals surface area contributed by atoms with E-state index in [1.165, 1.54) is 5.56 Å². The van der Waals surface area contributed by atoms with Crippen LogP contribution in [0.5, 0.6) is 0 Å². The molecule has 0 amide bonds. The quantitative estimate of drug-likeness (QED) is 0.757. The standard InChI is InChI=1S/C10H9BrOS/c11-9(10-2-1-4-12-10)6-8-3-5-13-7-8/h1-5,7,9H,6H2. The molecule has 0 N–H and O–H groups in total. The normalized spacial score (nSPS) is 13.0. The molecule has 0 fully saturated rings. The molecule has 1 nitrogen and oxygen atoms in total. The summed E-state index contributed by atoms with van der Waals surface area (Å²) in [4.78, 5) is 0.289. The van der Waals surface area contributed by atoms with Gasteiger partial charge in [-0.05, 0) is 40.9 Å². The van der Waals surface area contributed by atoms with Gasteiger partial charge in [0.05, 0.1) is 11.1 Å². The summed E-state index contributed by atoms with van der Waals surface area (Å²) in [7, 11) is 0. The highest BCUT2D eigenvalue weighted by Crippen LogP contribution is 2.27. The maximum absolute atomic E-state index is 5.30. The van der Waals surface area contributed by atoms with Gasteiger partial charge in [-0.15, -0.1) is 0 Å². The van der Waals surface area contributed by atoms with Crippen LogP contribution in [-0.4, -0.2) is 0 Å². The predicted octanol–water partition coefficient (Wildman–Crippen LogP) is 4.02. The second-order valence-electron chi connectivity index (χ2n) is 2.82. The monoisotopic (exact) mass is 256 g/mol. The molecule has 1 unspecified atom stereocenters. The average molecular weight is 257 g/mol. The van der Waals surface area contributed by atoms with Crippen LogP contribution in [0.25, 0.3) is 0 Å². The summed E-state index contributed by atoms with van der Waals surface area (Å²) in [6.07, 6.45) is 2.69. The zero-order valence-electron chi connectivity index (χ0n) is 6.94. The predicted molar refractivity (Wildman–Crippen MR) is 58.4 cm³/mol. The molecular formula is C10H9BrOS. The van der Waals surface area contributed by atoms with Crippen LogP contribution in [0.3, 0.4) is 0 Å². The Morgan fingerprint density at radius 3 is 3.00 bits per heavy atom. The van der Waals surface area contributed by atoms with Crippen LogP contribution in [0.4, 0.5) is 0 Å². The number of alkyl halides is 1. The van der Waals surface area contributed by atoms with E-state index in [9.17, 15) is 0 Å². The molecule has 3 heteroatoms. The van der Waals surface area contributed by atoms with E-state index in [2.05, 4.69) is 32.8 Å². The van der Waals surface area contributed by atoms with Crippen molar-refractivity contribution in [3.8, 4) is 0 Å². The van der Waals surface area contributed by atoms with Gasteiger partial charge in [0, 0.05) is 0 Å². The van der Waals surface area contributed by atoms with E-state index >= 15 is 0 Å². The first-order valence-electron chi connectivity index (χ1n) is 4.05. The summed E-state index contributed by atoms with van der Waals surface area (Å²) in [6, 6.07) is 6.05. The Labute approximate surface area is 89.5 Å². The summed E-state index contributed by atoms with van der Waals surface area (Å²) in [6.45, 7) is 0. The Morgan fingerprint density at radius 1 is 1.46 bits per heavy atom. The van der Waals surface area contributed by atoms with Crippen LogP contribution in [-0.2, 0) is 6.42 Å². The molecule has 0 aromatic carbocycles. The molecule has 2 rings (SSSR count). The maximum atomic E-state index is 5.30. The second kappa shape index (κ2) is 4.11. The van der Waals surface area contributed by atoms with E-state index < -0.39 is 0 Å². The van der Waals surface area contributed by atoms with Gasteiger partial charge in [-0.2, -0.15) is 11.3 Å². The summed E-state index contributed by atoms with van der Waals surface area (Å²) < 4.78 is 5.30. The zero-order valence-corrected chi connectivity index (χ0v) is 9.35. The summed E-state index contributed by atoms with van der Waals surface area (Å²) >= 11 is 5.32. The zero-order chi connectivity index (χ0) is 9.10. The Balaban J connectivity index is 2.04. The van der Waals surface area contributed by atoms with Crippen molar-refractivity contribution in [1.29, 1.82) is 0 Å². The lowest BCUT2D eigenvalue weighted by Gasteiger charge is -2.03. The summed E-state index contributed by atoms with van der Waals surface area (Å²) in [5, 5.41) is 4.26. The highest BCUT2D eigenvalue weighted by Gasteiger charge is 2.10. The molecule has 0 saturated carbocycles. The lowest BCUT2D eigenvalue weighted by atomic mass is 10.1. The van der Waals surface area contributed by atoms with Gasteiger partial charge in [0.2, 0.25) is 0 Å². The largest absolute Gasteiger partial charge is 0.468 e. The van der Waals surface area contributed by atoms with Gasteiger partial charge in [0.15, 0.2) is 0 Å². The Kier molecular flexibility index (Phi) is 2.86. The van der Waals surface area contributed by atoms with Gasteiger partial charge < -0.3 is 4.42 Å².